The lowest BCUT2D eigenvalue weighted by molar-refractivity contribution is -0.139. The fourth-order valence-electron chi connectivity index (χ4n) is 4.79. The lowest BCUT2D eigenvalue weighted by atomic mass is 10.0. The van der Waals surface area contributed by atoms with Gasteiger partial charge in [-0.2, -0.15) is 0 Å². The largest absolute Gasteiger partial charge is 0.497 e. The molecule has 2 amide bonds. The summed E-state index contributed by atoms with van der Waals surface area (Å²) in [6, 6.07) is 26.7. The van der Waals surface area contributed by atoms with Crippen molar-refractivity contribution in [1.82, 2.24) is 14.8 Å². The van der Waals surface area contributed by atoms with Crippen LogP contribution < -0.4 is 9.47 Å². The normalized spacial score (nSPS) is 15.6. The van der Waals surface area contributed by atoms with Crippen molar-refractivity contribution >= 4 is 22.7 Å². The third-order valence-corrected chi connectivity index (χ3v) is 6.72. The Morgan fingerprint density at radius 2 is 1.65 bits per heavy atom. The van der Waals surface area contributed by atoms with Gasteiger partial charge in [-0.15, -0.1) is 0 Å². The Bertz CT molecular complexity index is 1420. The van der Waals surface area contributed by atoms with E-state index in [-0.39, 0.29) is 24.4 Å². The minimum absolute atomic E-state index is 0.0103. The molecule has 1 aliphatic rings. The zero-order valence-corrected chi connectivity index (χ0v) is 21.0. The number of aromatic nitrogens is 1. The SMILES string of the molecule is COc1cccc(CN2C(=O)CN(C(=O)c3ccc4cc(OC)ccc4n3)C[C@@H]2Cc2ccccc2)c1. The molecule has 0 unspecified atom stereocenters. The molecule has 1 aromatic heterocycles. The Morgan fingerprint density at radius 1 is 0.892 bits per heavy atom. The van der Waals surface area contributed by atoms with Gasteiger partial charge in [0.2, 0.25) is 5.91 Å². The standard InChI is InChI=1S/C30H29N3O4/c1-36-25-10-6-9-22(16-25)18-33-24(15-21-7-4-3-5-8-21)19-32(20-29(33)34)30(35)28-13-11-23-17-26(37-2)12-14-27(23)31-28/h3-14,16-17,24H,15,18-20H2,1-2H3/t24-/m0/s1. The summed E-state index contributed by atoms with van der Waals surface area (Å²) in [5, 5.41) is 0.886. The van der Waals surface area contributed by atoms with Crippen molar-refractivity contribution in [2.75, 3.05) is 27.3 Å². The summed E-state index contributed by atoms with van der Waals surface area (Å²) >= 11 is 0. The number of piperazine rings is 1. The fraction of sp³-hybridized carbons (Fsp3) is 0.233. The first-order valence-electron chi connectivity index (χ1n) is 12.2. The van der Waals surface area contributed by atoms with Crippen LogP contribution in [0.5, 0.6) is 11.5 Å². The predicted molar refractivity (Wildman–Crippen MR) is 142 cm³/mol. The van der Waals surface area contributed by atoms with Gasteiger partial charge in [0, 0.05) is 18.5 Å². The minimum Gasteiger partial charge on any atom is -0.497 e. The highest BCUT2D eigenvalue weighted by molar-refractivity contribution is 5.97. The maximum atomic E-state index is 13.5. The van der Waals surface area contributed by atoms with Crippen molar-refractivity contribution in [1.29, 1.82) is 0 Å². The number of benzene rings is 3. The highest BCUT2D eigenvalue weighted by Crippen LogP contribution is 2.24. The summed E-state index contributed by atoms with van der Waals surface area (Å²) < 4.78 is 10.6. The van der Waals surface area contributed by atoms with Crippen LogP contribution in [-0.4, -0.2) is 59.9 Å². The maximum absolute atomic E-state index is 13.5. The first kappa shape index (κ1) is 24.3. The average Bonchev–Trinajstić information content (AvgIpc) is 2.94. The van der Waals surface area contributed by atoms with Gasteiger partial charge in [0.1, 0.15) is 23.7 Å². The molecule has 0 N–H and O–H groups in total. The molecule has 0 saturated carbocycles. The second kappa shape index (κ2) is 10.7. The number of amides is 2. The Hall–Kier alpha value is -4.39. The highest BCUT2D eigenvalue weighted by atomic mass is 16.5. The number of ether oxygens (including phenoxy) is 2. The molecule has 5 rings (SSSR count). The zero-order chi connectivity index (χ0) is 25.8. The average molecular weight is 496 g/mol. The summed E-state index contributed by atoms with van der Waals surface area (Å²) in [6.07, 6.45) is 0.644. The van der Waals surface area contributed by atoms with Crippen LogP contribution in [0.15, 0.2) is 84.9 Å². The van der Waals surface area contributed by atoms with Crippen LogP contribution in [0.1, 0.15) is 21.6 Å². The van der Waals surface area contributed by atoms with Crippen LogP contribution in [0.4, 0.5) is 0 Å². The van der Waals surface area contributed by atoms with E-state index in [4.69, 9.17) is 9.47 Å². The molecule has 0 spiro atoms. The number of carbonyl (C=O) groups excluding carboxylic acids is 2. The summed E-state index contributed by atoms with van der Waals surface area (Å²) in [5.74, 6) is 1.15. The van der Waals surface area contributed by atoms with E-state index in [1.165, 1.54) is 0 Å². The first-order valence-corrected chi connectivity index (χ1v) is 12.2. The van der Waals surface area contributed by atoms with Gasteiger partial charge >= 0.3 is 0 Å². The van der Waals surface area contributed by atoms with E-state index < -0.39 is 0 Å². The van der Waals surface area contributed by atoms with Crippen LogP contribution in [0.3, 0.4) is 0 Å². The van der Waals surface area contributed by atoms with Gasteiger partial charge in [-0.3, -0.25) is 9.59 Å². The van der Waals surface area contributed by atoms with Crippen LogP contribution in [-0.2, 0) is 17.8 Å². The predicted octanol–water partition coefficient (Wildman–Crippen LogP) is 4.35. The molecule has 188 valence electrons. The minimum atomic E-state index is -0.245. The molecule has 0 aliphatic carbocycles. The number of hydrogen-bond donors (Lipinski definition) is 0. The Balaban J connectivity index is 1.40. The van der Waals surface area contributed by atoms with E-state index in [2.05, 4.69) is 4.98 Å². The van der Waals surface area contributed by atoms with Gasteiger partial charge in [0.05, 0.1) is 25.8 Å². The number of nitrogens with zero attached hydrogens (tertiary/aromatic N) is 3. The van der Waals surface area contributed by atoms with E-state index in [0.717, 1.165) is 28.0 Å². The molecular formula is C30H29N3O4. The number of pyridine rings is 1. The molecule has 0 radical (unpaired) electrons. The zero-order valence-electron chi connectivity index (χ0n) is 21.0. The van der Waals surface area contributed by atoms with E-state index in [9.17, 15) is 9.59 Å². The number of rotatable bonds is 7. The number of hydrogen-bond acceptors (Lipinski definition) is 5. The van der Waals surface area contributed by atoms with Crippen molar-refractivity contribution in [3.8, 4) is 11.5 Å². The molecule has 7 nitrogen and oxygen atoms in total. The molecular weight excluding hydrogens is 466 g/mol. The Labute approximate surface area is 216 Å². The molecule has 2 heterocycles. The van der Waals surface area contributed by atoms with E-state index in [0.29, 0.717) is 30.7 Å². The summed E-state index contributed by atoms with van der Waals surface area (Å²) in [4.78, 5) is 35.0. The fourth-order valence-corrected chi connectivity index (χ4v) is 4.79. The summed E-state index contributed by atoms with van der Waals surface area (Å²) in [5.41, 5.74) is 3.13. The Kier molecular flexibility index (Phi) is 7.03. The van der Waals surface area contributed by atoms with Crippen LogP contribution in [0.2, 0.25) is 0 Å². The quantitative estimate of drug-likeness (QED) is 0.381. The smallest absolute Gasteiger partial charge is 0.273 e. The van der Waals surface area contributed by atoms with Crippen molar-refractivity contribution < 1.29 is 19.1 Å². The summed E-state index contributed by atoms with van der Waals surface area (Å²) in [7, 11) is 3.24. The van der Waals surface area contributed by atoms with Gasteiger partial charge in [0.25, 0.3) is 5.91 Å². The number of carbonyl (C=O) groups is 2. The van der Waals surface area contributed by atoms with Crippen LogP contribution in [0, 0.1) is 0 Å². The van der Waals surface area contributed by atoms with E-state index in [1.807, 2.05) is 83.8 Å². The third-order valence-electron chi connectivity index (χ3n) is 6.72. The molecule has 4 aromatic rings. The number of methoxy groups -OCH3 is 2. The van der Waals surface area contributed by atoms with Gasteiger partial charge in [-0.25, -0.2) is 4.98 Å². The van der Waals surface area contributed by atoms with E-state index >= 15 is 0 Å². The second-order valence-electron chi connectivity index (χ2n) is 9.16. The lowest BCUT2D eigenvalue weighted by Crippen LogP contribution is -2.58. The molecule has 0 bridgehead atoms. The highest BCUT2D eigenvalue weighted by Gasteiger charge is 2.35. The van der Waals surface area contributed by atoms with E-state index in [1.54, 1.807) is 25.2 Å². The van der Waals surface area contributed by atoms with Crippen LogP contribution >= 0.6 is 0 Å². The number of fused-ring (bicyclic) bond motifs is 1. The molecule has 37 heavy (non-hydrogen) atoms. The molecule has 7 heteroatoms. The van der Waals surface area contributed by atoms with Gasteiger partial charge in [-0.1, -0.05) is 48.5 Å². The van der Waals surface area contributed by atoms with Gasteiger partial charge < -0.3 is 19.3 Å². The lowest BCUT2D eigenvalue weighted by Gasteiger charge is -2.41. The van der Waals surface area contributed by atoms with Gasteiger partial charge in [0.15, 0.2) is 0 Å². The van der Waals surface area contributed by atoms with Crippen LogP contribution in [0.25, 0.3) is 10.9 Å². The maximum Gasteiger partial charge on any atom is 0.273 e. The monoisotopic (exact) mass is 495 g/mol. The first-order chi connectivity index (χ1) is 18.0. The Morgan fingerprint density at radius 3 is 2.43 bits per heavy atom. The third kappa shape index (κ3) is 5.40. The van der Waals surface area contributed by atoms with Crippen molar-refractivity contribution in [2.45, 2.75) is 19.0 Å². The molecule has 3 aromatic carbocycles. The molecule has 1 aliphatic heterocycles. The topological polar surface area (TPSA) is 72.0 Å². The molecule has 1 fully saturated rings. The van der Waals surface area contributed by atoms with Crippen molar-refractivity contribution in [3.05, 3.63) is 102 Å². The molecule has 1 saturated heterocycles. The molecule has 1 atom stereocenters. The second-order valence-corrected chi connectivity index (χ2v) is 9.16. The van der Waals surface area contributed by atoms with Crippen molar-refractivity contribution in [3.63, 3.8) is 0 Å². The van der Waals surface area contributed by atoms with Gasteiger partial charge in [-0.05, 0) is 53.9 Å². The summed E-state index contributed by atoms with van der Waals surface area (Å²) in [6.45, 7) is 0.883. The van der Waals surface area contributed by atoms with Crippen molar-refractivity contribution in [2.24, 2.45) is 0 Å².